The third-order valence-electron chi connectivity index (χ3n) is 4.80. The zero-order chi connectivity index (χ0) is 15.4. The topological polar surface area (TPSA) is 130 Å². The highest BCUT2D eigenvalue weighted by atomic mass is 16.3. The maximum absolute atomic E-state index is 11.8. The number of aliphatic hydroxyl groups is 2. The van der Waals surface area contributed by atoms with Gasteiger partial charge in [-0.2, -0.15) is 4.98 Å². The SMILES string of the molecule is CC1(C)C(CO)C(CO)C1n1cnc2c(=O)[nH]c(N)nc21. The predicted octanol–water partition coefficient (Wildman–Crippen LogP) is -0.500. The first-order valence-corrected chi connectivity index (χ1v) is 6.85. The fourth-order valence-electron chi connectivity index (χ4n) is 3.73. The molecule has 114 valence electrons. The van der Waals surface area contributed by atoms with Gasteiger partial charge in [0.2, 0.25) is 5.95 Å². The van der Waals surface area contributed by atoms with Gasteiger partial charge < -0.3 is 20.5 Å². The Bertz CT molecular complexity index is 735. The van der Waals surface area contributed by atoms with E-state index in [0.717, 1.165) is 0 Å². The van der Waals surface area contributed by atoms with Gasteiger partial charge >= 0.3 is 0 Å². The quantitative estimate of drug-likeness (QED) is 0.603. The maximum atomic E-state index is 11.8. The van der Waals surface area contributed by atoms with E-state index in [2.05, 4.69) is 15.0 Å². The number of anilines is 1. The number of rotatable bonds is 3. The lowest BCUT2D eigenvalue weighted by Gasteiger charge is -2.57. The Labute approximate surface area is 120 Å². The minimum absolute atomic E-state index is 0.00991. The number of nitrogens with zero attached hydrogens (tertiary/aromatic N) is 3. The van der Waals surface area contributed by atoms with Gasteiger partial charge in [0, 0.05) is 25.2 Å². The van der Waals surface area contributed by atoms with E-state index >= 15 is 0 Å². The Hall–Kier alpha value is -1.93. The van der Waals surface area contributed by atoms with Crippen molar-refractivity contribution < 1.29 is 10.2 Å². The molecule has 1 aliphatic rings. The number of nitrogens with two attached hydrogens (primary N) is 1. The van der Waals surface area contributed by atoms with Crippen LogP contribution >= 0.6 is 0 Å². The number of imidazole rings is 1. The second-order valence-electron chi connectivity index (χ2n) is 6.18. The summed E-state index contributed by atoms with van der Waals surface area (Å²) in [6.45, 7) is 4.01. The number of hydrogen-bond acceptors (Lipinski definition) is 6. The van der Waals surface area contributed by atoms with Crippen LogP contribution in [0.4, 0.5) is 5.95 Å². The summed E-state index contributed by atoms with van der Waals surface area (Å²) in [4.78, 5) is 22.5. The number of aromatic amines is 1. The molecule has 0 aromatic carbocycles. The minimum atomic E-state index is -0.382. The van der Waals surface area contributed by atoms with Gasteiger partial charge in [0.15, 0.2) is 11.2 Å². The molecule has 1 saturated carbocycles. The highest BCUT2D eigenvalue weighted by molar-refractivity contribution is 5.70. The Morgan fingerprint density at radius 2 is 2.14 bits per heavy atom. The summed E-state index contributed by atoms with van der Waals surface area (Å²) in [6.07, 6.45) is 1.55. The smallest absolute Gasteiger partial charge is 0.280 e. The molecule has 2 heterocycles. The first-order valence-electron chi connectivity index (χ1n) is 6.85. The van der Waals surface area contributed by atoms with E-state index in [-0.39, 0.29) is 53.5 Å². The van der Waals surface area contributed by atoms with E-state index in [4.69, 9.17) is 5.73 Å². The van der Waals surface area contributed by atoms with Gasteiger partial charge in [-0.25, -0.2) is 4.98 Å². The maximum Gasteiger partial charge on any atom is 0.280 e. The van der Waals surface area contributed by atoms with E-state index in [9.17, 15) is 15.0 Å². The van der Waals surface area contributed by atoms with Crippen molar-refractivity contribution in [3.05, 3.63) is 16.7 Å². The fraction of sp³-hybridized carbons (Fsp3) is 0.615. The van der Waals surface area contributed by atoms with Crippen molar-refractivity contribution in [2.75, 3.05) is 18.9 Å². The van der Waals surface area contributed by atoms with E-state index in [1.54, 1.807) is 10.9 Å². The molecule has 0 saturated heterocycles. The van der Waals surface area contributed by atoms with Crippen molar-refractivity contribution in [1.29, 1.82) is 0 Å². The molecular formula is C13H19N5O3. The van der Waals surface area contributed by atoms with Crippen LogP contribution in [0.5, 0.6) is 0 Å². The van der Waals surface area contributed by atoms with E-state index in [1.165, 1.54) is 0 Å². The Balaban J connectivity index is 2.15. The Morgan fingerprint density at radius 3 is 2.76 bits per heavy atom. The molecular weight excluding hydrogens is 274 g/mol. The average Bonchev–Trinajstić information content (AvgIpc) is 2.80. The summed E-state index contributed by atoms with van der Waals surface area (Å²) in [5, 5.41) is 19.1. The van der Waals surface area contributed by atoms with Crippen molar-refractivity contribution in [1.82, 2.24) is 19.5 Å². The summed E-state index contributed by atoms with van der Waals surface area (Å²) in [7, 11) is 0. The van der Waals surface area contributed by atoms with Gasteiger partial charge in [0.25, 0.3) is 5.56 Å². The second-order valence-corrected chi connectivity index (χ2v) is 6.18. The number of hydrogen-bond donors (Lipinski definition) is 4. The monoisotopic (exact) mass is 293 g/mol. The van der Waals surface area contributed by atoms with Gasteiger partial charge in [-0.15, -0.1) is 0 Å². The van der Waals surface area contributed by atoms with E-state index < -0.39 is 0 Å². The largest absolute Gasteiger partial charge is 0.396 e. The lowest BCUT2D eigenvalue weighted by atomic mass is 9.52. The second kappa shape index (κ2) is 4.54. The van der Waals surface area contributed by atoms with Crippen LogP contribution in [0.2, 0.25) is 0 Å². The molecule has 2 aromatic rings. The molecule has 5 N–H and O–H groups in total. The standard InChI is InChI=1S/C13H19N5O3/c1-13(2)7(4-20)6(3-19)9(13)18-5-15-8-10(18)16-12(14)17-11(8)21/h5-7,9,19-20H,3-4H2,1-2H3,(H3,14,16,17,21). The highest BCUT2D eigenvalue weighted by Crippen LogP contribution is 2.58. The van der Waals surface area contributed by atoms with Crippen LogP contribution in [0.25, 0.3) is 11.2 Å². The lowest BCUT2D eigenvalue weighted by Crippen LogP contribution is -2.57. The van der Waals surface area contributed by atoms with Crippen molar-refractivity contribution in [3.8, 4) is 0 Å². The summed E-state index contributed by atoms with van der Waals surface area (Å²) < 4.78 is 1.79. The van der Waals surface area contributed by atoms with E-state index in [0.29, 0.717) is 5.65 Å². The van der Waals surface area contributed by atoms with Crippen LogP contribution in [-0.2, 0) is 0 Å². The molecule has 1 fully saturated rings. The molecule has 0 aliphatic heterocycles. The first kappa shape index (κ1) is 14.0. The van der Waals surface area contributed by atoms with Crippen LogP contribution in [0.1, 0.15) is 19.9 Å². The summed E-state index contributed by atoms with van der Waals surface area (Å²) >= 11 is 0. The molecule has 3 unspecified atom stereocenters. The van der Waals surface area contributed by atoms with Gasteiger partial charge in [0.1, 0.15) is 0 Å². The zero-order valence-corrected chi connectivity index (χ0v) is 11.9. The number of nitrogens with one attached hydrogen (secondary N) is 1. The molecule has 0 radical (unpaired) electrons. The Morgan fingerprint density at radius 1 is 1.43 bits per heavy atom. The van der Waals surface area contributed by atoms with Crippen LogP contribution in [0, 0.1) is 17.3 Å². The number of aliphatic hydroxyl groups excluding tert-OH is 2. The number of fused-ring (bicyclic) bond motifs is 1. The summed E-state index contributed by atoms with van der Waals surface area (Å²) in [5.41, 5.74) is 5.61. The van der Waals surface area contributed by atoms with Crippen molar-refractivity contribution >= 4 is 17.1 Å². The molecule has 8 heteroatoms. The number of aromatic nitrogens is 4. The lowest BCUT2D eigenvalue weighted by molar-refractivity contribution is -0.127. The summed E-state index contributed by atoms with van der Waals surface area (Å²) in [5.74, 6) is -0.0837. The number of nitrogen functional groups attached to an aromatic ring is 1. The molecule has 0 spiro atoms. The zero-order valence-electron chi connectivity index (χ0n) is 11.9. The van der Waals surface area contributed by atoms with Gasteiger partial charge in [0.05, 0.1) is 6.33 Å². The number of H-pyrrole nitrogens is 1. The fourth-order valence-corrected chi connectivity index (χ4v) is 3.73. The Kier molecular flexibility index (Phi) is 3.03. The van der Waals surface area contributed by atoms with Crippen molar-refractivity contribution in [3.63, 3.8) is 0 Å². The molecule has 2 aromatic heterocycles. The van der Waals surface area contributed by atoms with E-state index in [1.807, 2.05) is 13.8 Å². The molecule has 8 nitrogen and oxygen atoms in total. The molecule has 1 aliphatic carbocycles. The minimum Gasteiger partial charge on any atom is -0.396 e. The predicted molar refractivity (Wildman–Crippen MR) is 76.5 cm³/mol. The molecule has 3 atom stereocenters. The van der Waals surface area contributed by atoms with Crippen LogP contribution < -0.4 is 11.3 Å². The van der Waals surface area contributed by atoms with Crippen LogP contribution in [-0.4, -0.2) is 42.9 Å². The average molecular weight is 293 g/mol. The molecule has 21 heavy (non-hydrogen) atoms. The summed E-state index contributed by atoms with van der Waals surface area (Å²) in [6, 6.07) is -0.0988. The molecule has 0 bridgehead atoms. The first-order chi connectivity index (χ1) is 9.91. The molecule has 0 amide bonds. The third kappa shape index (κ3) is 1.79. The van der Waals surface area contributed by atoms with Crippen LogP contribution in [0.3, 0.4) is 0 Å². The highest BCUT2D eigenvalue weighted by Gasteiger charge is 2.56. The third-order valence-corrected chi connectivity index (χ3v) is 4.80. The van der Waals surface area contributed by atoms with Gasteiger partial charge in [-0.3, -0.25) is 9.78 Å². The van der Waals surface area contributed by atoms with Crippen LogP contribution in [0.15, 0.2) is 11.1 Å². The molecule has 3 rings (SSSR count). The van der Waals surface area contributed by atoms with Gasteiger partial charge in [-0.1, -0.05) is 13.8 Å². The van der Waals surface area contributed by atoms with Crippen molar-refractivity contribution in [2.45, 2.75) is 19.9 Å². The van der Waals surface area contributed by atoms with Crippen molar-refractivity contribution in [2.24, 2.45) is 17.3 Å². The normalized spacial score (nSPS) is 27.7. The van der Waals surface area contributed by atoms with Gasteiger partial charge in [-0.05, 0) is 11.3 Å².